The lowest BCUT2D eigenvalue weighted by atomic mass is 9.91. The molecule has 1 atom stereocenters. The molecule has 1 aromatic carbocycles. The third kappa shape index (κ3) is 4.87. The smallest absolute Gasteiger partial charge is 0.224 e. The molecule has 1 aliphatic rings. The summed E-state index contributed by atoms with van der Waals surface area (Å²) in [5.41, 5.74) is 0.807. The number of aryl methyl sites for hydroxylation is 2. The van der Waals surface area contributed by atoms with Crippen molar-refractivity contribution in [2.45, 2.75) is 38.6 Å². The Morgan fingerprint density at radius 2 is 2.16 bits per heavy atom. The van der Waals surface area contributed by atoms with Gasteiger partial charge in [-0.15, -0.1) is 0 Å². The molecule has 1 aliphatic heterocycles. The van der Waals surface area contributed by atoms with E-state index < -0.39 is 11.6 Å². The monoisotopic (exact) mass is 347 g/mol. The summed E-state index contributed by atoms with van der Waals surface area (Å²) in [5, 5.41) is 4.11. The van der Waals surface area contributed by atoms with E-state index in [1.54, 1.807) is 16.9 Å². The van der Waals surface area contributed by atoms with Crippen molar-refractivity contribution in [1.29, 1.82) is 0 Å². The Hall–Kier alpha value is -2.24. The lowest BCUT2D eigenvalue weighted by molar-refractivity contribution is -0.133. The Morgan fingerprint density at radius 3 is 2.92 bits per heavy atom. The molecule has 0 aliphatic carbocycles. The van der Waals surface area contributed by atoms with E-state index in [4.69, 9.17) is 0 Å². The molecule has 2 heterocycles. The fraction of sp³-hybridized carbons (Fsp3) is 0.474. The first-order valence-electron chi connectivity index (χ1n) is 8.81. The number of nitrogens with zero attached hydrogens (tertiary/aromatic N) is 3. The van der Waals surface area contributed by atoms with Gasteiger partial charge >= 0.3 is 0 Å². The summed E-state index contributed by atoms with van der Waals surface area (Å²) in [6.07, 6.45) is 7.68. The van der Waals surface area contributed by atoms with Crippen LogP contribution in [0.25, 0.3) is 0 Å². The molecular formula is C19H23F2N3O. The fourth-order valence-corrected chi connectivity index (χ4v) is 3.39. The second kappa shape index (κ2) is 8.23. The number of likely N-dealkylation sites (tertiary alicyclic amines) is 1. The third-order valence-electron chi connectivity index (χ3n) is 4.81. The van der Waals surface area contributed by atoms with E-state index in [1.165, 1.54) is 12.1 Å². The van der Waals surface area contributed by atoms with Crippen LogP contribution >= 0.6 is 0 Å². The second-order valence-electron chi connectivity index (χ2n) is 6.65. The van der Waals surface area contributed by atoms with E-state index in [2.05, 4.69) is 5.10 Å². The van der Waals surface area contributed by atoms with Crippen LogP contribution in [-0.2, 0) is 17.8 Å². The Bertz CT molecular complexity index is 703. The molecule has 0 N–H and O–H groups in total. The van der Waals surface area contributed by atoms with Gasteiger partial charge in [0.05, 0.1) is 0 Å². The zero-order valence-electron chi connectivity index (χ0n) is 14.2. The number of benzene rings is 1. The molecule has 1 aromatic heterocycles. The van der Waals surface area contributed by atoms with Crippen molar-refractivity contribution in [1.82, 2.24) is 14.7 Å². The van der Waals surface area contributed by atoms with Crippen molar-refractivity contribution < 1.29 is 13.6 Å². The van der Waals surface area contributed by atoms with Gasteiger partial charge in [0, 0.05) is 38.4 Å². The number of amides is 1. The Balaban J connectivity index is 1.47. The van der Waals surface area contributed by atoms with E-state index >= 15 is 0 Å². The van der Waals surface area contributed by atoms with Crippen molar-refractivity contribution in [3.63, 3.8) is 0 Å². The van der Waals surface area contributed by atoms with Crippen LogP contribution in [0.5, 0.6) is 0 Å². The summed E-state index contributed by atoms with van der Waals surface area (Å²) in [6, 6.07) is 5.93. The molecule has 1 saturated heterocycles. The van der Waals surface area contributed by atoms with Crippen LogP contribution in [0.3, 0.4) is 0 Å². The SMILES string of the molecule is O=C(CCn1cccn1)N1CCCC(CCc2ccc(F)c(F)c2)C1. The fourth-order valence-electron chi connectivity index (χ4n) is 3.39. The largest absolute Gasteiger partial charge is 0.342 e. The van der Waals surface area contributed by atoms with Crippen molar-refractivity contribution in [2.24, 2.45) is 5.92 Å². The van der Waals surface area contributed by atoms with Crippen LogP contribution in [0.4, 0.5) is 8.78 Å². The number of rotatable bonds is 6. The highest BCUT2D eigenvalue weighted by molar-refractivity contribution is 5.76. The topological polar surface area (TPSA) is 38.1 Å². The maximum Gasteiger partial charge on any atom is 0.224 e. The predicted molar refractivity (Wildman–Crippen MR) is 90.8 cm³/mol. The number of piperidine rings is 1. The van der Waals surface area contributed by atoms with Gasteiger partial charge in [0.25, 0.3) is 0 Å². The number of carbonyl (C=O) groups is 1. The molecule has 2 aromatic rings. The second-order valence-corrected chi connectivity index (χ2v) is 6.65. The van der Waals surface area contributed by atoms with E-state index in [9.17, 15) is 13.6 Å². The lowest BCUT2D eigenvalue weighted by Crippen LogP contribution is -2.40. The minimum atomic E-state index is -0.810. The quantitative estimate of drug-likeness (QED) is 0.803. The normalized spacial score (nSPS) is 17.7. The van der Waals surface area contributed by atoms with Gasteiger partial charge in [0.2, 0.25) is 5.91 Å². The summed E-state index contributed by atoms with van der Waals surface area (Å²) < 4.78 is 28.0. The zero-order valence-corrected chi connectivity index (χ0v) is 14.2. The summed E-state index contributed by atoms with van der Waals surface area (Å²) >= 11 is 0. The van der Waals surface area contributed by atoms with Gasteiger partial charge in [-0.05, 0) is 55.4 Å². The Kier molecular flexibility index (Phi) is 5.79. The summed E-state index contributed by atoms with van der Waals surface area (Å²) in [6.45, 7) is 2.16. The molecule has 6 heteroatoms. The summed E-state index contributed by atoms with van der Waals surface area (Å²) in [5.74, 6) is -1.03. The van der Waals surface area contributed by atoms with Gasteiger partial charge in [-0.25, -0.2) is 8.78 Å². The average molecular weight is 347 g/mol. The first kappa shape index (κ1) is 17.6. The molecule has 3 rings (SSSR count). The molecule has 1 fully saturated rings. The van der Waals surface area contributed by atoms with Crippen molar-refractivity contribution >= 4 is 5.91 Å². The van der Waals surface area contributed by atoms with Crippen molar-refractivity contribution in [3.8, 4) is 0 Å². The number of hydrogen-bond donors (Lipinski definition) is 0. The highest BCUT2D eigenvalue weighted by atomic mass is 19.2. The molecule has 0 spiro atoms. The number of carbonyl (C=O) groups excluding carboxylic acids is 1. The highest BCUT2D eigenvalue weighted by Gasteiger charge is 2.23. The molecular weight excluding hydrogens is 324 g/mol. The van der Waals surface area contributed by atoms with Crippen LogP contribution in [0.15, 0.2) is 36.7 Å². The third-order valence-corrected chi connectivity index (χ3v) is 4.81. The van der Waals surface area contributed by atoms with Gasteiger partial charge in [0.15, 0.2) is 11.6 Å². The van der Waals surface area contributed by atoms with Crippen molar-refractivity contribution in [2.75, 3.05) is 13.1 Å². The minimum absolute atomic E-state index is 0.160. The molecule has 25 heavy (non-hydrogen) atoms. The first-order valence-corrected chi connectivity index (χ1v) is 8.81. The molecule has 0 bridgehead atoms. The van der Waals surface area contributed by atoms with E-state index in [-0.39, 0.29) is 5.91 Å². The van der Waals surface area contributed by atoms with Gasteiger partial charge in [-0.2, -0.15) is 5.10 Å². The highest BCUT2D eigenvalue weighted by Crippen LogP contribution is 2.22. The van der Waals surface area contributed by atoms with Crippen LogP contribution < -0.4 is 0 Å². The van der Waals surface area contributed by atoms with E-state index in [0.29, 0.717) is 25.3 Å². The lowest BCUT2D eigenvalue weighted by Gasteiger charge is -2.33. The Morgan fingerprint density at radius 1 is 1.28 bits per heavy atom. The first-order chi connectivity index (χ1) is 12.1. The predicted octanol–water partition coefficient (Wildman–Crippen LogP) is 3.42. The van der Waals surface area contributed by atoms with Gasteiger partial charge in [-0.3, -0.25) is 9.48 Å². The van der Waals surface area contributed by atoms with E-state index in [1.807, 2.05) is 17.2 Å². The zero-order chi connectivity index (χ0) is 17.6. The molecule has 0 radical (unpaired) electrons. The Labute approximate surface area is 146 Å². The molecule has 4 nitrogen and oxygen atoms in total. The van der Waals surface area contributed by atoms with Crippen LogP contribution in [0.2, 0.25) is 0 Å². The van der Waals surface area contributed by atoms with Gasteiger partial charge < -0.3 is 4.90 Å². The summed E-state index contributed by atoms with van der Waals surface area (Å²) in [4.78, 5) is 14.3. The van der Waals surface area contributed by atoms with Crippen molar-refractivity contribution in [3.05, 3.63) is 53.9 Å². The minimum Gasteiger partial charge on any atom is -0.342 e. The molecule has 1 amide bonds. The van der Waals surface area contributed by atoms with Gasteiger partial charge in [0.1, 0.15) is 0 Å². The molecule has 0 saturated carbocycles. The average Bonchev–Trinajstić information content (AvgIpc) is 3.14. The van der Waals surface area contributed by atoms with Crippen LogP contribution in [0.1, 0.15) is 31.2 Å². The van der Waals surface area contributed by atoms with E-state index in [0.717, 1.165) is 37.9 Å². The van der Waals surface area contributed by atoms with Crippen LogP contribution in [-0.4, -0.2) is 33.7 Å². The molecule has 134 valence electrons. The molecule has 1 unspecified atom stereocenters. The maximum absolute atomic E-state index is 13.3. The van der Waals surface area contributed by atoms with Gasteiger partial charge in [-0.1, -0.05) is 6.07 Å². The number of halogens is 2. The number of hydrogen-bond acceptors (Lipinski definition) is 2. The van der Waals surface area contributed by atoms with Crippen LogP contribution in [0, 0.1) is 17.6 Å². The summed E-state index contributed by atoms with van der Waals surface area (Å²) in [7, 11) is 0. The maximum atomic E-state index is 13.3. The number of aromatic nitrogens is 2. The standard InChI is InChI=1S/C19H23F2N3O/c20-17-7-6-15(13-18(17)21)4-5-16-3-1-10-23(14-16)19(25)8-12-24-11-2-9-22-24/h2,6-7,9,11,13,16H,1,3-5,8,10,12,14H2.